The molecule has 0 unspecified atom stereocenters. The standard InChI is InChI=1S/C53H34N4/c1-3-13-35(14-4-1)43-33-41-17-7-8-18-45(41)48(34-43)53-55-51(37-15-5-2-6-16-37)54-52(56-53)42-26-25-39-31-38(23-24-40(39)32-42)36-27-29-44(30-28-36)57-49-21-11-9-19-46(49)47-20-10-12-22-50(47)57/h1-34H. The lowest BCUT2D eigenvalue weighted by Crippen LogP contribution is -2.01. The molecule has 0 spiro atoms. The van der Waals surface area contributed by atoms with Crippen LogP contribution in [0.3, 0.4) is 0 Å². The molecule has 0 aliphatic rings. The van der Waals surface area contributed by atoms with Crippen molar-refractivity contribution in [3.63, 3.8) is 0 Å². The van der Waals surface area contributed by atoms with Crippen LogP contribution >= 0.6 is 0 Å². The summed E-state index contributed by atoms with van der Waals surface area (Å²) in [5.41, 5.74) is 11.0. The molecule has 57 heavy (non-hydrogen) atoms. The van der Waals surface area contributed by atoms with Crippen LogP contribution in [0.4, 0.5) is 0 Å². The third-order valence-electron chi connectivity index (χ3n) is 11.0. The first kappa shape index (κ1) is 32.7. The smallest absolute Gasteiger partial charge is 0.164 e. The van der Waals surface area contributed by atoms with Gasteiger partial charge in [-0.25, -0.2) is 15.0 Å². The normalized spacial score (nSPS) is 11.5. The van der Waals surface area contributed by atoms with E-state index in [-0.39, 0.29) is 0 Å². The third kappa shape index (κ3) is 5.83. The van der Waals surface area contributed by atoms with E-state index in [9.17, 15) is 0 Å². The molecular weight excluding hydrogens is 693 g/mol. The summed E-state index contributed by atoms with van der Waals surface area (Å²) < 4.78 is 2.36. The maximum atomic E-state index is 5.20. The lowest BCUT2D eigenvalue weighted by molar-refractivity contribution is 1.08. The molecular formula is C53H34N4. The first-order chi connectivity index (χ1) is 28.2. The van der Waals surface area contributed by atoms with Gasteiger partial charge in [0, 0.05) is 33.2 Å². The van der Waals surface area contributed by atoms with Crippen LogP contribution in [0.25, 0.3) is 105 Å². The van der Waals surface area contributed by atoms with Gasteiger partial charge in [-0.2, -0.15) is 0 Å². The molecule has 266 valence electrons. The number of rotatable bonds is 6. The Labute approximate surface area is 330 Å². The van der Waals surface area contributed by atoms with E-state index in [2.05, 4.69) is 187 Å². The minimum atomic E-state index is 0.639. The van der Waals surface area contributed by atoms with Crippen molar-refractivity contribution in [1.29, 1.82) is 0 Å². The van der Waals surface area contributed by atoms with Gasteiger partial charge in [0.25, 0.3) is 0 Å². The summed E-state index contributed by atoms with van der Waals surface area (Å²) >= 11 is 0. The van der Waals surface area contributed by atoms with Gasteiger partial charge in [0.1, 0.15) is 0 Å². The van der Waals surface area contributed by atoms with Gasteiger partial charge < -0.3 is 4.57 Å². The van der Waals surface area contributed by atoms with Crippen LogP contribution in [-0.4, -0.2) is 19.5 Å². The molecule has 0 saturated carbocycles. The van der Waals surface area contributed by atoms with Crippen molar-refractivity contribution in [3.8, 4) is 62.1 Å². The lowest BCUT2D eigenvalue weighted by Gasteiger charge is -2.13. The van der Waals surface area contributed by atoms with Gasteiger partial charge in [-0.1, -0.05) is 158 Å². The Kier molecular flexibility index (Phi) is 7.78. The van der Waals surface area contributed by atoms with Gasteiger partial charge in [-0.3, -0.25) is 0 Å². The maximum absolute atomic E-state index is 5.20. The third-order valence-corrected chi connectivity index (χ3v) is 11.0. The second-order valence-electron chi connectivity index (χ2n) is 14.5. The highest BCUT2D eigenvalue weighted by molar-refractivity contribution is 6.09. The Morgan fingerprint density at radius 1 is 0.281 bits per heavy atom. The Hall–Kier alpha value is -7.69. The molecule has 0 aliphatic carbocycles. The molecule has 4 heteroatoms. The molecule has 0 amide bonds. The fourth-order valence-electron chi connectivity index (χ4n) is 8.20. The molecule has 0 atom stereocenters. The van der Waals surface area contributed by atoms with E-state index in [0.717, 1.165) is 55.0 Å². The number of benzene rings is 9. The molecule has 0 aliphatic heterocycles. The molecule has 0 N–H and O–H groups in total. The zero-order chi connectivity index (χ0) is 37.7. The van der Waals surface area contributed by atoms with Gasteiger partial charge in [0.05, 0.1) is 11.0 Å². The van der Waals surface area contributed by atoms with Gasteiger partial charge in [-0.15, -0.1) is 0 Å². The monoisotopic (exact) mass is 726 g/mol. The van der Waals surface area contributed by atoms with E-state index >= 15 is 0 Å². The fourth-order valence-corrected chi connectivity index (χ4v) is 8.20. The topological polar surface area (TPSA) is 43.6 Å². The van der Waals surface area contributed by atoms with Crippen LogP contribution in [0.2, 0.25) is 0 Å². The van der Waals surface area contributed by atoms with Crippen molar-refractivity contribution >= 4 is 43.4 Å². The van der Waals surface area contributed by atoms with E-state index in [4.69, 9.17) is 15.0 Å². The van der Waals surface area contributed by atoms with Crippen molar-refractivity contribution in [2.45, 2.75) is 0 Å². The van der Waals surface area contributed by atoms with Crippen LogP contribution in [0.15, 0.2) is 206 Å². The summed E-state index contributed by atoms with van der Waals surface area (Å²) in [5.74, 6) is 1.93. The number of fused-ring (bicyclic) bond motifs is 5. The molecule has 11 rings (SSSR count). The molecule has 4 nitrogen and oxygen atoms in total. The minimum Gasteiger partial charge on any atom is -0.309 e. The van der Waals surface area contributed by atoms with Crippen LogP contribution in [0.5, 0.6) is 0 Å². The zero-order valence-corrected chi connectivity index (χ0v) is 30.9. The summed E-state index contributed by atoms with van der Waals surface area (Å²) in [6.07, 6.45) is 0. The molecule has 0 bridgehead atoms. The Morgan fingerprint density at radius 3 is 1.44 bits per heavy atom. The number of aromatic nitrogens is 4. The minimum absolute atomic E-state index is 0.639. The highest BCUT2D eigenvalue weighted by Crippen LogP contribution is 2.36. The number of para-hydroxylation sites is 2. The predicted molar refractivity (Wildman–Crippen MR) is 236 cm³/mol. The van der Waals surface area contributed by atoms with Crippen LogP contribution in [-0.2, 0) is 0 Å². The average Bonchev–Trinajstić information content (AvgIpc) is 3.63. The average molecular weight is 727 g/mol. The van der Waals surface area contributed by atoms with Crippen molar-refractivity contribution in [2.24, 2.45) is 0 Å². The largest absolute Gasteiger partial charge is 0.309 e. The molecule has 11 aromatic rings. The van der Waals surface area contributed by atoms with Crippen LogP contribution < -0.4 is 0 Å². The summed E-state index contributed by atoms with van der Waals surface area (Å²) in [6, 6.07) is 72.9. The summed E-state index contributed by atoms with van der Waals surface area (Å²) in [4.78, 5) is 15.4. The van der Waals surface area contributed by atoms with Crippen LogP contribution in [0.1, 0.15) is 0 Å². The molecule has 2 heterocycles. The predicted octanol–water partition coefficient (Wildman–Crippen LogP) is 13.6. The molecule has 0 fully saturated rings. The van der Waals surface area contributed by atoms with Gasteiger partial charge in [-0.05, 0) is 92.3 Å². The summed E-state index contributed by atoms with van der Waals surface area (Å²) in [6.45, 7) is 0. The molecule has 0 saturated heterocycles. The van der Waals surface area contributed by atoms with E-state index in [0.29, 0.717) is 17.5 Å². The Bertz CT molecular complexity index is 3220. The first-order valence-electron chi connectivity index (χ1n) is 19.3. The SMILES string of the molecule is c1ccc(-c2cc(-c3nc(-c4ccccc4)nc(-c4ccc5cc(-c6ccc(-n7c8ccccc8c8ccccc87)cc6)ccc5c4)n3)c3ccccc3c2)cc1. The first-order valence-corrected chi connectivity index (χ1v) is 19.3. The zero-order valence-electron chi connectivity index (χ0n) is 30.9. The molecule has 9 aromatic carbocycles. The van der Waals surface area contributed by atoms with Gasteiger partial charge in [0.15, 0.2) is 17.5 Å². The highest BCUT2D eigenvalue weighted by atomic mass is 15.0. The van der Waals surface area contributed by atoms with Crippen LogP contribution in [0, 0.1) is 0 Å². The van der Waals surface area contributed by atoms with E-state index < -0.39 is 0 Å². The van der Waals surface area contributed by atoms with Gasteiger partial charge in [0.2, 0.25) is 0 Å². The number of hydrogen-bond acceptors (Lipinski definition) is 3. The Morgan fingerprint density at radius 2 is 0.754 bits per heavy atom. The summed E-state index contributed by atoms with van der Waals surface area (Å²) in [7, 11) is 0. The highest BCUT2D eigenvalue weighted by Gasteiger charge is 2.17. The summed E-state index contributed by atoms with van der Waals surface area (Å²) in [5, 5.41) is 7.05. The van der Waals surface area contributed by atoms with Gasteiger partial charge >= 0.3 is 0 Å². The molecule has 2 aromatic heterocycles. The van der Waals surface area contributed by atoms with Crippen molar-refractivity contribution < 1.29 is 0 Å². The second kappa shape index (κ2) is 13.6. The Balaban J connectivity index is 0.984. The van der Waals surface area contributed by atoms with Crippen molar-refractivity contribution in [3.05, 3.63) is 206 Å². The van der Waals surface area contributed by atoms with E-state index in [1.54, 1.807) is 0 Å². The number of nitrogens with zero attached hydrogens (tertiary/aromatic N) is 4. The second-order valence-corrected chi connectivity index (χ2v) is 14.5. The maximum Gasteiger partial charge on any atom is 0.164 e. The fraction of sp³-hybridized carbons (Fsp3) is 0. The molecule has 0 radical (unpaired) electrons. The van der Waals surface area contributed by atoms with E-state index in [1.807, 2.05) is 24.3 Å². The van der Waals surface area contributed by atoms with Crippen molar-refractivity contribution in [2.75, 3.05) is 0 Å². The van der Waals surface area contributed by atoms with E-state index in [1.165, 1.54) is 32.9 Å². The number of hydrogen-bond donors (Lipinski definition) is 0. The van der Waals surface area contributed by atoms with Crippen molar-refractivity contribution in [1.82, 2.24) is 19.5 Å². The lowest BCUT2D eigenvalue weighted by atomic mass is 9.96. The quantitative estimate of drug-likeness (QED) is 0.171.